The molecule has 0 aliphatic carbocycles. The van der Waals surface area contributed by atoms with Gasteiger partial charge in [-0.1, -0.05) is 19.1 Å². The Hall–Kier alpha value is -1.42. The highest BCUT2D eigenvalue weighted by atomic mass is 19.1. The lowest BCUT2D eigenvalue weighted by Crippen LogP contribution is -2.39. The molecule has 1 rings (SSSR count). The van der Waals surface area contributed by atoms with Gasteiger partial charge < -0.3 is 10.2 Å². The van der Waals surface area contributed by atoms with Gasteiger partial charge in [-0.2, -0.15) is 0 Å². The topological polar surface area (TPSA) is 32.3 Å². The molecular formula is C15H23FN2O. The summed E-state index contributed by atoms with van der Waals surface area (Å²) < 4.78 is 12.9. The van der Waals surface area contributed by atoms with Crippen molar-refractivity contribution in [1.29, 1.82) is 0 Å². The normalized spacial score (nSPS) is 13.9. The van der Waals surface area contributed by atoms with E-state index in [4.69, 9.17) is 0 Å². The predicted octanol–water partition coefficient (Wildman–Crippen LogP) is 2.73. The van der Waals surface area contributed by atoms with E-state index in [0.29, 0.717) is 12.6 Å². The molecule has 0 aliphatic rings. The standard InChI is InChI=1S/C15H23FN2O/c1-5-11(2)17-10-15(19)18(4)12(3)13-6-8-14(16)9-7-13/h6-9,11-12,17H,5,10H2,1-4H3. The first-order chi connectivity index (χ1) is 8.95. The Morgan fingerprint density at radius 3 is 2.42 bits per heavy atom. The smallest absolute Gasteiger partial charge is 0.236 e. The number of benzene rings is 1. The van der Waals surface area contributed by atoms with Crippen LogP contribution >= 0.6 is 0 Å². The van der Waals surface area contributed by atoms with Crippen LogP contribution in [-0.4, -0.2) is 30.4 Å². The minimum atomic E-state index is -0.261. The minimum Gasteiger partial charge on any atom is -0.338 e. The van der Waals surface area contributed by atoms with Gasteiger partial charge in [0, 0.05) is 13.1 Å². The third kappa shape index (κ3) is 4.63. The largest absolute Gasteiger partial charge is 0.338 e. The van der Waals surface area contributed by atoms with Crippen LogP contribution < -0.4 is 5.32 Å². The second kappa shape index (κ2) is 7.24. The zero-order valence-corrected chi connectivity index (χ0v) is 12.1. The first kappa shape index (κ1) is 15.6. The molecule has 0 radical (unpaired) electrons. The maximum atomic E-state index is 12.9. The van der Waals surface area contributed by atoms with Crippen LogP contribution in [-0.2, 0) is 4.79 Å². The number of halogens is 1. The highest BCUT2D eigenvalue weighted by Gasteiger charge is 2.17. The van der Waals surface area contributed by atoms with E-state index in [-0.39, 0.29) is 17.8 Å². The number of amides is 1. The summed E-state index contributed by atoms with van der Waals surface area (Å²) in [5, 5.41) is 3.18. The minimum absolute atomic E-state index is 0.0390. The van der Waals surface area contributed by atoms with E-state index in [1.165, 1.54) is 12.1 Å². The van der Waals surface area contributed by atoms with E-state index in [9.17, 15) is 9.18 Å². The average molecular weight is 266 g/mol. The van der Waals surface area contributed by atoms with Crippen LogP contribution in [0.1, 0.15) is 38.8 Å². The zero-order valence-electron chi connectivity index (χ0n) is 12.1. The molecule has 0 fully saturated rings. The Morgan fingerprint density at radius 2 is 1.89 bits per heavy atom. The summed E-state index contributed by atoms with van der Waals surface area (Å²) in [6, 6.07) is 6.53. The molecule has 0 saturated heterocycles. The maximum Gasteiger partial charge on any atom is 0.236 e. The van der Waals surface area contributed by atoms with Crippen molar-refractivity contribution in [2.75, 3.05) is 13.6 Å². The molecule has 0 aromatic heterocycles. The number of hydrogen-bond acceptors (Lipinski definition) is 2. The Labute approximate surface area is 114 Å². The van der Waals surface area contributed by atoms with Gasteiger partial charge in [0.15, 0.2) is 0 Å². The molecule has 0 saturated carbocycles. The van der Waals surface area contributed by atoms with Crippen molar-refractivity contribution in [3.8, 4) is 0 Å². The Bertz CT molecular complexity index is 405. The first-order valence-electron chi connectivity index (χ1n) is 6.70. The van der Waals surface area contributed by atoms with Crippen LogP contribution in [0.5, 0.6) is 0 Å². The van der Waals surface area contributed by atoms with E-state index < -0.39 is 0 Å². The third-order valence-corrected chi connectivity index (χ3v) is 3.54. The fourth-order valence-electron chi connectivity index (χ4n) is 1.71. The summed E-state index contributed by atoms with van der Waals surface area (Å²) in [7, 11) is 1.77. The molecule has 19 heavy (non-hydrogen) atoms. The summed E-state index contributed by atoms with van der Waals surface area (Å²) in [6.07, 6.45) is 0.991. The lowest BCUT2D eigenvalue weighted by Gasteiger charge is -2.26. The molecular weight excluding hydrogens is 243 g/mol. The number of likely N-dealkylation sites (N-methyl/N-ethyl adjacent to an activating group) is 1. The van der Waals surface area contributed by atoms with Gasteiger partial charge in [-0.25, -0.2) is 4.39 Å². The third-order valence-electron chi connectivity index (χ3n) is 3.54. The molecule has 0 spiro atoms. The molecule has 1 aromatic carbocycles. The lowest BCUT2D eigenvalue weighted by molar-refractivity contribution is -0.131. The molecule has 1 N–H and O–H groups in total. The predicted molar refractivity (Wildman–Crippen MR) is 75.3 cm³/mol. The Kier molecular flexibility index (Phi) is 5.96. The van der Waals surface area contributed by atoms with Crippen LogP contribution in [0.25, 0.3) is 0 Å². The summed E-state index contributed by atoms with van der Waals surface area (Å²) in [6.45, 7) is 6.40. The fourth-order valence-corrected chi connectivity index (χ4v) is 1.71. The van der Waals surface area contributed by atoms with Crippen molar-refractivity contribution in [2.45, 2.75) is 39.3 Å². The van der Waals surface area contributed by atoms with E-state index in [1.807, 2.05) is 6.92 Å². The quantitative estimate of drug-likeness (QED) is 0.858. The van der Waals surface area contributed by atoms with E-state index >= 15 is 0 Å². The molecule has 2 unspecified atom stereocenters. The number of nitrogens with zero attached hydrogens (tertiary/aromatic N) is 1. The Morgan fingerprint density at radius 1 is 1.32 bits per heavy atom. The number of carbonyl (C=O) groups is 1. The van der Waals surface area contributed by atoms with Gasteiger partial charge in [-0.3, -0.25) is 4.79 Å². The van der Waals surface area contributed by atoms with Gasteiger partial charge in [0.05, 0.1) is 12.6 Å². The molecule has 2 atom stereocenters. The van der Waals surface area contributed by atoms with Crippen LogP contribution in [0, 0.1) is 5.82 Å². The van der Waals surface area contributed by atoms with Crippen molar-refractivity contribution in [3.05, 3.63) is 35.6 Å². The summed E-state index contributed by atoms with van der Waals surface area (Å²) in [5.41, 5.74) is 0.931. The molecule has 0 bridgehead atoms. The van der Waals surface area contributed by atoms with Crippen molar-refractivity contribution in [1.82, 2.24) is 10.2 Å². The lowest BCUT2D eigenvalue weighted by atomic mass is 10.1. The SMILES string of the molecule is CCC(C)NCC(=O)N(C)C(C)c1ccc(F)cc1. The van der Waals surface area contributed by atoms with Gasteiger partial charge in [0.2, 0.25) is 5.91 Å². The summed E-state index contributed by atoms with van der Waals surface area (Å²) in [4.78, 5) is 13.7. The monoisotopic (exact) mass is 266 g/mol. The highest BCUT2D eigenvalue weighted by Crippen LogP contribution is 2.18. The summed E-state index contributed by atoms with van der Waals surface area (Å²) >= 11 is 0. The van der Waals surface area contributed by atoms with Crippen LogP contribution in [0.3, 0.4) is 0 Å². The van der Waals surface area contributed by atoms with Crippen molar-refractivity contribution in [3.63, 3.8) is 0 Å². The van der Waals surface area contributed by atoms with Gasteiger partial charge in [0.1, 0.15) is 5.82 Å². The second-order valence-corrected chi connectivity index (χ2v) is 4.92. The molecule has 0 aliphatic heterocycles. The number of hydrogen-bond donors (Lipinski definition) is 1. The summed E-state index contributed by atoms with van der Waals surface area (Å²) in [5.74, 6) is -0.222. The number of rotatable bonds is 6. The maximum absolute atomic E-state index is 12.9. The van der Waals surface area contributed by atoms with Gasteiger partial charge in [0.25, 0.3) is 0 Å². The average Bonchev–Trinajstić information content (AvgIpc) is 2.43. The Balaban J connectivity index is 2.58. The first-order valence-corrected chi connectivity index (χ1v) is 6.70. The van der Waals surface area contributed by atoms with Gasteiger partial charge in [-0.15, -0.1) is 0 Å². The molecule has 0 heterocycles. The van der Waals surface area contributed by atoms with Crippen LogP contribution in [0.2, 0.25) is 0 Å². The number of carbonyl (C=O) groups excluding carboxylic acids is 1. The molecule has 106 valence electrons. The second-order valence-electron chi connectivity index (χ2n) is 4.92. The van der Waals surface area contributed by atoms with E-state index in [0.717, 1.165) is 12.0 Å². The fraction of sp³-hybridized carbons (Fsp3) is 0.533. The van der Waals surface area contributed by atoms with Crippen LogP contribution in [0.4, 0.5) is 4.39 Å². The van der Waals surface area contributed by atoms with Gasteiger partial charge >= 0.3 is 0 Å². The van der Waals surface area contributed by atoms with Crippen LogP contribution in [0.15, 0.2) is 24.3 Å². The zero-order chi connectivity index (χ0) is 14.4. The molecule has 3 nitrogen and oxygen atoms in total. The van der Waals surface area contributed by atoms with E-state index in [1.54, 1.807) is 24.1 Å². The van der Waals surface area contributed by atoms with Crippen molar-refractivity contribution < 1.29 is 9.18 Å². The molecule has 4 heteroatoms. The van der Waals surface area contributed by atoms with Gasteiger partial charge in [-0.05, 0) is 38.0 Å². The molecule has 1 aromatic rings. The van der Waals surface area contributed by atoms with Crippen molar-refractivity contribution in [2.24, 2.45) is 0 Å². The van der Waals surface area contributed by atoms with Crippen molar-refractivity contribution >= 4 is 5.91 Å². The number of nitrogens with one attached hydrogen (secondary N) is 1. The van der Waals surface area contributed by atoms with E-state index in [2.05, 4.69) is 19.2 Å². The molecule has 1 amide bonds. The highest BCUT2D eigenvalue weighted by molar-refractivity contribution is 5.78.